The lowest BCUT2D eigenvalue weighted by Gasteiger charge is -2.06. The van der Waals surface area contributed by atoms with Gasteiger partial charge >= 0.3 is 5.97 Å². The minimum absolute atomic E-state index is 0.0440. The predicted molar refractivity (Wildman–Crippen MR) is 75.3 cm³/mol. The molecular formula is C13H12ClNO5S. The molecule has 1 N–H and O–H groups in total. The van der Waals surface area contributed by atoms with E-state index >= 15 is 0 Å². The van der Waals surface area contributed by atoms with E-state index in [1.54, 1.807) is 13.8 Å². The normalized spacial score (nSPS) is 11.6. The summed E-state index contributed by atoms with van der Waals surface area (Å²) in [7, 11) is -3.67. The second-order valence-corrected chi connectivity index (χ2v) is 6.91. The lowest BCUT2D eigenvalue weighted by atomic mass is 10.2. The fraction of sp³-hybridized carbons (Fsp3) is 0.231. The predicted octanol–water partition coefficient (Wildman–Crippen LogP) is 2.62. The van der Waals surface area contributed by atoms with Crippen molar-refractivity contribution < 1.29 is 22.8 Å². The van der Waals surface area contributed by atoms with Crippen molar-refractivity contribution in [2.24, 2.45) is 0 Å². The molecule has 2 rings (SSSR count). The lowest BCUT2D eigenvalue weighted by molar-refractivity contribution is 0.0697. The van der Waals surface area contributed by atoms with Gasteiger partial charge in [-0.3, -0.25) is 0 Å². The molecule has 0 aliphatic heterocycles. The van der Waals surface area contributed by atoms with Crippen molar-refractivity contribution in [3.8, 4) is 0 Å². The molecule has 0 aliphatic carbocycles. The maximum absolute atomic E-state index is 12.4. The summed E-state index contributed by atoms with van der Waals surface area (Å²) in [5, 5.41) is 12.5. The number of rotatable bonds is 4. The van der Waals surface area contributed by atoms with Gasteiger partial charge in [0.2, 0.25) is 0 Å². The summed E-state index contributed by atoms with van der Waals surface area (Å²) < 4.78 is 29.7. The number of aromatic carboxylic acids is 1. The van der Waals surface area contributed by atoms with E-state index in [4.69, 9.17) is 21.2 Å². The molecule has 0 aliphatic rings. The molecule has 2 aromatic rings. The molecule has 8 heteroatoms. The first-order valence-corrected chi connectivity index (χ1v) is 7.92. The molecule has 1 aromatic carbocycles. The zero-order valence-corrected chi connectivity index (χ0v) is 12.8. The molecule has 6 nitrogen and oxygen atoms in total. The number of carboxylic acid groups (broad SMARTS) is 1. The second-order valence-electron chi connectivity index (χ2n) is 4.51. The Morgan fingerprint density at radius 1 is 1.38 bits per heavy atom. The smallest absolute Gasteiger partial charge is 0.337 e. The first-order chi connectivity index (χ1) is 9.72. The van der Waals surface area contributed by atoms with Gasteiger partial charge in [0.1, 0.15) is 5.76 Å². The van der Waals surface area contributed by atoms with Crippen LogP contribution in [0.4, 0.5) is 0 Å². The maximum atomic E-state index is 12.4. The number of halogens is 1. The van der Waals surface area contributed by atoms with E-state index < -0.39 is 15.8 Å². The van der Waals surface area contributed by atoms with Gasteiger partial charge in [0.05, 0.1) is 26.9 Å². The Morgan fingerprint density at radius 3 is 2.52 bits per heavy atom. The third kappa shape index (κ3) is 3.08. The summed E-state index contributed by atoms with van der Waals surface area (Å²) in [5.74, 6) is -1.06. The molecule has 0 saturated heterocycles. The summed E-state index contributed by atoms with van der Waals surface area (Å²) in [6.07, 6.45) is 0. The van der Waals surface area contributed by atoms with Crippen molar-refractivity contribution in [2.75, 3.05) is 0 Å². The Kier molecular flexibility index (Phi) is 4.06. The molecule has 0 atom stereocenters. The van der Waals surface area contributed by atoms with Crippen molar-refractivity contribution in [1.29, 1.82) is 0 Å². The van der Waals surface area contributed by atoms with E-state index in [2.05, 4.69) is 5.16 Å². The van der Waals surface area contributed by atoms with Crippen molar-refractivity contribution in [3.05, 3.63) is 45.8 Å². The van der Waals surface area contributed by atoms with Crippen LogP contribution in [0, 0.1) is 13.8 Å². The Hall–Kier alpha value is -1.86. The number of aromatic nitrogens is 1. The highest BCUT2D eigenvalue weighted by atomic mass is 35.5. The number of carbonyl (C=O) groups is 1. The number of aryl methyl sites for hydroxylation is 2. The van der Waals surface area contributed by atoms with E-state index in [1.165, 1.54) is 12.1 Å². The topological polar surface area (TPSA) is 97.5 Å². The molecule has 0 radical (unpaired) electrons. The molecule has 0 bridgehead atoms. The Morgan fingerprint density at radius 2 is 2.05 bits per heavy atom. The fourth-order valence-electron chi connectivity index (χ4n) is 1.84. The molecule has 1 heterocycles. The van der Waals surface area contributed by atoms with Crippen LogP contribution < -0.4 is 0 Å². The van der Waals surface area contributed by atoms with E-state index in [1.807, 2.05) is 0 Å². The zero-order valence-electron chi connectivity index (χ0n) is 11.3. The third-order valence-corrected chi connectivity index (χ3v) is 5.00. The van der Waals surface area contributed by atoms with Crippen LogP contribution in [0.25, 0.3) is 0 Å². The Bertz CT molecular complexity index is 790. The van der Waals surface area contributed by atoms with Crippen molar-refractivity contribution in [1.82, 2.24) is 5.16 Å². The average molecular weight is 330 g/mol. The number of sulfone groups is 1. The highest BCUT2D eigenvalue weighted by molar-refractivity contribution is 7.90. The Labute approximate surface area is 126 Å². The largest absolute Gasteiger partial charge is 0.478 e. The summed E-state index contributed by atoms with van der Waals surface area (Å²) in [4.78, 5) is 10.8. The van der Waals surface area contributed by atoms with E-state index in [-0.39, 0.29) is 21.2 Å². The first kappa shape index (κ1) is 15.5. The molecule has 0 saturated carbocycles. The van der Waals surface area contributed by atoms with Crippen LogP contribution in [0.1, 0.15) is 27.4 Å². The van der Waals surface area contributed by atoms with Gasteiger partial charge in [0, 0.05) is 5.56 Å². The Balaban J connectivity index is 2.41. The molecule has 112 valence electrons. The van der Waals surface area contributed by atoms with Crippen LogP contribution in [0.2, 0.25) is 5.02 Å². The number of benzene rings is 1. The monoisotopic (exact) mass is 329 g/mol. The highest BCUT2D eigenvalue weighted by Gasteiger charge is 2.22. The van der Waals surface area contributed by atoms with E-state index in [0.717, 1.165) is 6.07 Å². The van der Waals surface area contributed by atoms with Crippen LogP contribution in [0.15, 0.2) is 27.6 Å². The molecule has 0 unspecified atom stereocenters. The van der Waals surface area contributed by atoms with E-state index in [0.29, 0.717) is 17.0 Å². The van der Waals surface area contributed by atoms with Crippen LogP contribution in [-0.2, 0) is 15.6 Å². The summed E-state index contributed by atoms with van der Waals surface area (Å²) in [5.41, 5.74) is 0.853. The quantitative estimate of drug-likeness (QED) is 0.926. The van der Waals surface area contributed by atoms with Gasteiger partial charge in [0.25, 0.3) is 0 Å². The van der Waals surface area contributed by atoms with Gasteiger partial charge < -0.3 is 9.63 Å². The zero-order chi connectivity index (χ0) is 15.8. The van der Waals surface area contributed by atoms with Crippen molar-refractivity contribution in [3.63, 3.8) is 0 Å². The summed E-state index contributed by atoms with van der Waals surface area (Å²) in [6.45, 7) is 3.28. The van der Waals surface area contributed by atoms with Gasteiger partial charge in [-0.05, 0) is 32.0 Å². The van der Waals surface area contributed by atoms with Crippen molar-refractivity contribution >= 4 is 27.4 Å². The molecular weight excluding hydrogens is 318 g/mol. The molecule has 1 aromatic heterocycles. The van der Waals surface area contributed by atoms with Crippen LogP contribution in [0.5, 0.6) is 0 Å². The molecule has 21 heavy (non-hydrogen) atoms. The van der Waals surface area contributed by atoms with E-state index in [9.17, 15) is 13.2 Å². The fourth-order valence-corrected chi connectivity index (χ4v) is 3.70. The third-order valence-electron chi connectivity index (χ3n) is 3.05. The molecule has 0 spiro atoms. The van der Waals surface area contributed by atoms with Gasteiger partial charge in [-0.2, -0.15) is 0 Å². The number of carboxylic acids is 1. The highest BCUT2D eigenvalue weighted by Crippen LogP contribution is 2.25. The van der Waals surface area contributed by atoms with Crippen LogP contribution in [-0.4, -0.2) is 24.7 Å². The molecule has 0 amide bonds. The van der Waals surface area contributed by atoms with Gasteiger partial charge in [-0.15, -0.1) is 0 Å². The number of nitrogens with zero attached hydrogens (tertiary/aromatic N) is 1. The lowest BCUT2D eigenvalue weighted by Crippen LogP contribution is -2.07. The van der Waals surface area contributed by atoms with Crippen molar-refractivity contribution in [2.45, 2.75) is 24.5 Å². The minimum Gasteiger partial charge on any atom is -0.478 e. The first-order valence-electron chi connectivity index (χ1n) is 5.89. The molecule has 0 fully saturated rings. The number of hydrogen-bond acceptors (Lipinski definition) is 5. The van der Waals surface area contributed by atoms with Crippen LogP contribution >= 0.6 is 11.6 Å². The second kappa shape index (κ2) is 5.50. The van der Waals surface area contributed by atoms with Gasteiger partial charge in [-0.25, -0.2) is 13.2 Å². The SMILES string of the molecule is Cc1noc(C)c1CS(=O)(=O)c1ccc(C(=O)O)c(Cl)c1. The van der Waals surface area contributed by atoms with Gasteiger partial charge in [0.15, 0.2) is 9.84 Å². The average Bonchev–Trinajstić information content (AvgIpc) is 2.69. The minimum atomic E-state index is -3.67. The summed E-state index contributed by atoms with van der Waals surface area (Å²) in [6, 6.07) is 3.53. The number of hydrogen-bond donors (Lipinski definition) is 1. The standard InChI is InChI=1S/C13H12ClNO5S/c1-7-11(8(2)20-15-7)6-21(18,19)9-3-4-10(13(16)17)12(14)5-9/h3-5H,6H2,1-2H3,(H,16,17). The summed E-state index contributed by atoms with van der Waals surface area (Å²) >= 11 is 5.80. The maximum Gasteiger partial charge on any atom is 0.337 e. The van der Waals surface area contributed by atoms with Gasteiger partial charge in [-0.1, -0.05) is 16.8 Å². The van der Waals surface area contributed by atoms with Crippen LogP contribution in [0.3, 0.4) is 0 Å².